The van der Waals surface area contributed by atoms with Crippen LogP contribution in [-0.2, 0) is 4.79 Å². The lowest BCUT2D eigenvalue weighted by molar-refractivity contribution is -0.122. The predicted octanol–water partition coefficient (Wildman–Crippen LogP) is 2.80. The van der Waals surface area contributed by atoms with Crippen LogP contribution in [0.15, 0.2) is 0 Å². The predicted molar refractivity (Wildman–Crippen MR) is 84.6 cm³/mol. The van der Waals surface area contributed by atoms with Gasteiger partial charge in [0, 0.05) is 17.8 Å². The van der Waals surface area contributed by atoms with E-state index in [4.69, 9.17) is 0 Å². The molecule has 1 aliphatic carbocycles. The molecule has 1 fully saturated rings. The number of amides is 1. The summed E-state index contributed by atoms with van der Waals surface area (Å²) in [5.41, 5.74) is 0. The number of carbonyl (C=O) groups is 1. The fourth-order valence-electron chi connectivity index (χ4n) is 2.56. The number of nitrogens with one attached hydrogen (secondary N) is 2. The van der Waals surface area contributed by atoms with Gasteiger partial charge in [0.05, 0.1) is 6.04 Å². The molecule has 0 bridgehead atoms. The molecule has 19 heavy (non-hydrogen) atoms. The summed E-state index contributed by atoms with van der Waals surface area (Å²) in [4.78, 5) is 12.0. The van der Waals surface area contributed by atoms with E-state index in [0.717, 1.165) is 18.7 Å². The van der Waals surface area contributed by atoms with Gasteiger partial charge < -0.3 is 10.6 Å². The Balaban J connectivity index is 2.28. The highest BCUT2D eigenvalue weighted by atomic mass is 32.2. The van der Waals surface area contributed by atoms with Crippen molar-refractivity contribution in [2.24, 2.45) is 5.92 Å². The molecule has 1 amide bonds. The van der Waals surface area contributed by atoms with Crippen molar-refractivity contribution in [2.75, 3.05) is 12.3 Å². The average molecular weight is 286 g/mol. The van der Waals surface area contributed by atoms with Crippen LogP contribution in [0, 0.1) is 5.92 Å². The first-order valence-corrected chi connectivity index (χ1v) is 8.74. The van der Waals surface area contributed by atoms with Crippen LogP contribution in [0.1, 0.15) is 53.4 Å². The van der Waals surface area contributed by atoms with Gasteiger partial charge in [-0.25, -0.2) is 0 Å². The minimum absolute atomic E-state index is 0.0739. The molecule has 0 saturated heterocycles. The van der Waals surface area contributed by atoms with Crippen molar-refractivity contribution in [1.29, 1.82) is 0 Å². The van der Waals surface area contributed by atoms with Gasteiger partial charge in [-0.05, 0) is 37.9 Å². The highest BCUT2D eigenvalue weighted by Gasteiger charge is 2.29. The molecule has 3 atom stereocenters. The average Bonchev–Trinajstić information content (AvgIpc) is 2.76. The molecular formula is C15H30N2OS. The van der Waals surface area contributed by atoms with E-state index in [-0.39, 0.29) is 11.9 Å². The van der Waals surface area contributed by atoms with Crippen molar-refractivity contribution in [3.8, 4) is 0 Å². The summed E-state index contributed by atoms with van der Waals surface area (Å²) in [6, 6.07) is 0.436. The summed E-state index contributed by atoms with van der Waals surface area (Å²) in [5, 5.41) is 7.24. The Kier molecular flexibility index (Phi) is 7.84. The molecule has 0 heterocycles. The van der Waals surface area contributed by atoms with Gasteiger partial charge >= 0.3 is 0 Å². The summed E-state index contributed by atoms with van der Waals surface area (Å²) >= 11 is 2.03. The third kappa shape index (κ3) is 6.17. The molecule has 0 aromatic carbocycles. The molecule has 4 heteroatoms. The molecule has 1 aliphatic rings. The third-order valence-electron chi connectivity index (χ3n) is 3.71. The molecule has 0 aliphatic heterocycles. The second kappa shape index (κ2) is 8.85. The van der Waals surface area contributed by atoms with Crippen molar-refractivity contribution in [3.05, 3.63) is 0 Å². The van der Waals surface area contributed by atoms with Gasteiger partial charge in [-0.2, -0.15) is 11.8 Å². The van der Waals surface area contributed by atoms with Gasteiger partial charge in [-0.1, -0.05) is 27.2 Å². The van der Waals surface area contributed by atoms with Crippen LogP contribution in [0.3, 0.4) is 0 Å². The Bertz CT molecular complexity index is 271. The van der Waals surface area contributed by atoms with Crippen LogP contribution < -0.4 is 10.6 Å². The highest BCUT2D eigenvalue weighted by molar-refractivity contribution is 7.99. The van der Waals surface area contributed by atoms with E-state index in [1.807, 2.05) is 18.7 Å². The van der Waals surface area contributed by atoms with E-state index in [9.17, 15) is 4.79 Å². The zero-order chi connectivity index (χ0) is 14.3. The first-order chi connectivity index (χ1) is 9.04. The third-order valence-corrected chi connectivity index (χ3v) is 5.04. The van der Waals surface area contributed by atoms with E-state index in [0.29, 0.717) is 17.2 Å². The molecule has 3 unspecified atom stereocenters. The smallest absolute Gasteiger partial charge is 0.236 e. The van der Waals surface area contributed by atoms with Crippen LogP contribution >= 0.6 is 11.8 Å². The largest absolute Gasteiger partial charge is 0.355 e. The molecule has 2 N–H and O–H groups in total. The summed E-state index contributed by atoms with van der Waals surface area (Å²) in [7, 11) is 0. The highest BCUT2D eigenvalue weighted by Crippen LogP contribution is 2.30. The second-order valence-corrected chi connectivity index (χ2v) is 7.41. The molecule has 0 radical (unpaired) electrons. The van der Waals surface area contributed by atoms with Gasteiger partial charge in [0.25, 0.3) is 0 Å². The normalized spacial score (nSPS) is 24.7. The molecule has 3 nitrogen and oxygen atoms in total. The number of hydrogen-bond acceptors (Lipinski definition) is 3. The van der Waals surface area contributed by atoms with E-state index in [1.54, 1.807) is 0 Å². The maximum Gasteiger partial charge on any atom is 0.236 e. The van der Waals surface area contributed by atoms with Gasteiger partial charge in [-0.15, -0.1) is 0 Å². The number of rotatable bonds is 8. The Hall–Kier alpha value is -0.220. The summed E-state index contributed by atoms with van der Waals surface area (Å²) in [6.07, 6.45) is 4.84. The molecule has 0 spiro atoms. The molecule has 1 saturated carbocycles. The van der Waals surface area contributed by atoms with E-state index < -0.39 is 0 Å². The molecule has 112 valence electrons. The zero-order valence-corrected chi connectivity index (χ0v) is 13.7. The van der Waals surface area contributed by atoms with Crippen LogP contribution in [0.2, 0.25) is 0 Å². The standard InChI is InChI=1S/C15H30N2OS/c1-5-19-14-8-6-7-13(14)17-12(4)15(18)16-10-9-11(2)3/h11-14,17H,5-10H2,1-4H3,(H,16,18). The minimum atomic E-state index is -0.0739. The molecule has 0 aromatic heterocycles. The topological polar surface area (TPSA) is 41.1 Å². The Morgan fingerprint density at radius 2 is 2.05 bits per heavy atom. The summed E-state index contributed by atoms with van der Waals surface area (Å²) in [6.45, 7) is 9.34. The van der Waals surface area contributed by atoms with Crippen molar-refractivity contribution in [3.63, 3.8) is 0 Å². The van der Waals surface area contributed by atoms with Gasteiger partial charge in [-0.3, -0.25) is 4.79 Å². The minimum Gasteiger partial charge on any atom is -0.355 e. The zero-order valence-electron chi connectivity index (χ0n) is 12.9. The van der Waals surface area contributed by atoms with Gasteiger partial charge in [0.1, 0.15) is 0 Å². The summed E-state index contributed by atoms with van der Waals surface area (Å²) in [5.74, 6) is 1.95. The van der Waals surface area contributed by atoms with Gasteiger partial charge in [0.2, 0.25) is 5.91 Å². The first kappa shape index (κ1) is 16.8. The maximum absolute atomic E-state index is 12.0. The maximum atomic E-state index is 12.0. The van der Waals surface area contributed by atoms with Crippen LogP contribution in [0.4, 0.5) is 0 Å². The lowest BCUT2D eigenvalue weighted by Gasteiger charge is -2.24. The van der Waals surface area contributed by atoms with E-state index in [1.165, 1.54) is 19.3 Å². The van der Waals surface area contributed by atoms with Crippen LogP contribution in [-0.4, -0.2) is 35.5 Å². The van der Waals surface area contributed by atoms with Crippen LogP contribution in [0.25, 0.3) is 0 Å². The number of carbonyl (C=O) groups excluding carboxylic acids is 1. The Labute approximate surface area is 122 Å². The SMILES string of the molecule is CCSC1CCCC1NC(C)C(=O)NCCC(C)C. The van der Waals surface area contributed by atoms with Crippen molar-refractivity contribution in [1.82, 2.24) is 10.6 Å². The van der Waals surface area contributed by atoms with Crippen molar-refractivity contribution < 1.29 is 4.79 Å². The van der Waals surface area contributed by atoms with Crippen molar-refractivity contribution in [2.45, 2.75) is 70.7 Å². The van der Waals surface area contributed by atoms with Crippen LogP contribution in [0.5, 0.6) is 0 Å². The Morgan fingerprint density at radius 3 is 2.68 bits per heavy atom. The lowest BCUT2D eigenvalue weighted by Crippen LogP contribution is -2.48. The molecule has 0 aromatic rings. The summed E-state index contributed by atoms with van der Waals surface area (Å²) < 4.78 is 0. The van der Waals surface area contributed by atoms with E-state index >= 15 is 0 Å². The van der Waals surface area contributed by atoms with E-state index in [2.05, 4.69) is 31.4 Å². The fraction of sp³-hybridized carbons (Fsp3) is 0.933. The first-order valence-electron chi connectivity index (χ1n) is 7.70. The van der Waals surface area contributed by atoms with Crippen molar-refractivity contribution >= 4 is 17.7 Å². The molecular weight excluding hydrogens is 256 g/mol. The number of thioether (sulfide) groups is 1. The second-order valence-electron chi connectivity index (χ2n) is 5.89. The Morgan fingerprint density at radius 1 is 1.32 bits per heavy atom. The fourth-order valence-corrected chi connectivity index (χ4v) is 3.77. The quantitative estimate of drug-likeness (QED) is 0.721. The molecule has 1 rings (SSSR count). The van der Waals surface area contributed by atoms with Gasteiger partial charge in [0.15, 0.2) is 0 Å². The number of hydrogen-bond donors (Lipinski definition) is 2. The monoisotopic (exact) mass is 286 g/mol. The lowest BCUT2D eigenvalue weighted by atomic mass is 10.1.